The first kappa shape index (κ1) is 31.2. The fraction of sp³-hybridized carbons (Fsp3) is 0.500. The highest BCUT2D eigenvalue weighted by Crippen LogP contribution is 2.45. The molecule has 1 atom stereocenters. The Balaban J connectivity index is 1.76. The van der Waals surface area contributed by atoms with E-state index in [1.54, 1.807) is 37.3 Å². The van der Waals surface area contributed by atoms with Gasteiger partial charge in [0.1, 0.15) is 18.8 Å². The molecule has 42 heavy (non-hydrogen) atoms. The number of nitrogens with zero attached hydrogens (tertiary/aromatic N) is 1. The predicted octanol–water partition coefficient (Wildman–Crippen LogP) is 1.73. The van der Waals surface area contributed by atoms with Crippen molar-refractivity contribution >= 4 is 17.4 Å². The molecule has 2 aliphatic rings. The van der Waals surface area contributed by atoms with Gasteiger partial charge in [0.2, 0.25) is 11.5 Å². The van der Waals surface area contributed by atoms with Crippen molar-refractivity contribution in [2.24, 2.45) is 0 Å². The number of ketones is 1. The van der Waals surface area contributed by atoms with E-state index < -0.39 is 23.5 Å². The number of carbonyl (C=O) groups is 2. The summed E-state index contributed by atoms with van der Waals surface area (Å²) in [6.45, 7) is 8.83. The molecule has 2 saturated heterocycles. The molecule has 2 fully saturated rings. The summed E-state index contributed by atoms with van der Waals surface area (Å²) in [5, 5.41) is 14.1. The number of carbonyl (C=O) groups excluding carboxylic acids is 2. The van der Waals surface area contributed by atoms with Crippen molar-refractivity contribution in [3.8, 4) is 23.0 Å². The molecule has 0 aliphatic carbocycles. The first-order valence-electron chi connectivity index (χ1n) is 14.6. The first-order valence-corrected chi connectivity index (χ1v) is 14.6. The van der Waals surface area contributed by atoms with Gasteiger partial charge in [-0.2, -0.15) is 0 Å². The largest absolute Gasteiger partial charge is 0.872 e. The molecule has 2 aromatic carbocycles. The second-order valence-corrected chi connectivity index (χ2v) is 10.6. The fourth-order valence-electron chi connectivity index (χ4n) is 5.58. The van der Waals surface area contributed by atoms with Crippen LogP contribution in [0.2, 0.25) is 0 Å². The number of quaternary nitrogens is 1. The number of amides is 1. The van der Waals surface area contributed by atoms with Crippen LogP contribution in [0, 0.1) is 6.92 Å². The molecule has 1 N–H and O–H groups in total. The minimum Gasteiger partial charge on any atom is -0.872 e. The molecule has 2 aromatic rings. The molecule has 1 unspecified atom stereocenters. The van der Waals surface area contributed by atoms with Crippen LogP contribution in [-0.4, -0.2) is 83.9 Å². The summed E-state index contributed by atoms with van der Waals surface area (Å²) in [6, 6.07) is 7.68. The van der Waals surface area contributed by atoms with Crippen molar-refractivity contribution in [1.29, 1.82) is 0 Å². The Morgan fingerprint density at radius 3 is 2.31 bits per heavy atom. The smallest absolute Gasteiger partial charge is 0.295 e. The molecule has 4 rings (SSSR count). The van der Waals surface area contributed by atoms with E-state index in [2.05, 4.69) is 6.92 Å². The quantitative estimate of drug-likeness (QED) is 0.165. The number of unbranched alkanes of at least 4 members (excludes halogenated alkanes) is 1. The molecular formula is C32H42N2O8. The van der Waals surface area contributed by atoms with Crippen LogP contribution in [0.4, 0.5) is 0 Å². The zero-order chi connectivity index (χ0) is 30.2. The Labute approximate surface area is 247 Å². The summed E-state index contributed by atoms with van der Waals surface area (Å²) >= 11 is 0. The third-order valence-electron chi connectivity index (χ3n) is 7.87. The van der Waals surface area contributed by atoms with Crippen LogP contribution in [0.5, 0.6) is 23.0 Å². The molecule has 0 saturated carbocycles. The number of hydrogen-bond donors (Lipinski definition) is 1. The molecule has 0 bridgehead atoms. The number of rotatable bonds is 13. The van der Waals surface area contributed by atoms with Crippen LogP contribution in [0.3, 0.4) is 0 Å². The average Bonchev–Trinajstić information content (AvgIpc) is 3.25. The van der Waals surface area contributed by atoms with Crippen molar-refractivity contribution in [1.82, 2.24) is 4.90 Å². The maximum atomic E-state index is 14.1. The number of benzene rings is 2. The van der Waals surface area contributed by atoms with E-state index in [9.17, 15) is 14.7 Å². The number of likely N-dealkylation sites (tertiary alicyclic amines) is 1. The van der Waals surface area contributed by atoms with Gasteiger partial charge in [0.25, 0.3) is 5.91 Å². The van der Waals surface area contributed by atoms with Gasteiger partial charge in [0.15, 0.2) is 11.5 Å². The third-order valence-corrected chi connectivity index (χ3v) is 7.87. The number of aryl methyl sites for hydroxylation is 1. The van der Waals surface area contributed by atoms with Gasteiger partial charge in [-0.1, -0.05) is 25.2 Å². The molecule has 2 aliphatic heterocycles. The van der Waals surface area contributed by atoms with Crippen molar-refractivity contribution in [2.75, 3.05) is 67.3 Å². The maximum absolute atomic E-state index is 14.1. The van der Waals surface area contributed by atoms with E-state index >= 15 is 0 Å². The van der Waals surface area contributed by atoms with E-state index in [4.69, 9.17) is 23.7 Å². The summed E-state index contributed by atoms with van der Waals surface area (Å²) in [7, 11) is 4.50. The zero-order valence-corrected chi connectivity index (χ0v) is 25.2. The van der Waals surface area contributed by atoms with Gasteiger partial charge in [0.05, 0.1) is 53.7 Å². The second kappa shape index (κ2) is 14.4. The lowest BCUT2D eigenvalue weighted by atomic mass is 9.93. The molecule has 0 radical (unpaired) electrons. The Kier molecular flexibility index (Phi) is 10.7. The van der Waals surface area contributed by atoms with Gasteiger partial charge in [0, 0.05) is 18.5 Å². The number of ether oxygens (including phenoxy) is 5. The number of Topliss-reactive ketones (excluding diaryl/α,β-unsaturated/α-hetero) is 1. The number of nitrogens with one attached hydrogen (secondary N) is 1. The van der Waals surface area contributed by atoms with Crippen LogP contribution in [-0.2, 0) is 14.3 Å². The van der Waals surface area contributed by atoms with E-state index in [0.717, 1.165) is 32.5 Å². The minimum atomic E-state index is -0.911. The van der Waals surface area contributed by atoms with E-state index in [1.807, 2.05) is 0 Å². The number of morpholine rings is 1. The highest BCUT2D eigenvalue weighted by molar-refractivity contribution is 6.46. The lowest BCUT2D eigenvalue weighted by molar-refractivity contribution is -0.908. The SMILES string of the molecule is CCCCOc1ccc(/C([O-])=C2\C(=O)C(=O)N(CCC[NH+]3CCOCC3)C2c2cc(OC)c(OC)c(OC)c2)c(C)c1. The number of hydrogen-bond acceptors (Lipinski definition) is 8. The van der Waals surface area contributed by atoms with Crippen LogP contribution < -0.4 is 29.0 Å². The first-order chi connectivity index (χ1) is 20.3. The Morgan fingerprint density at radius 1 is 1.02 bits per heavy atom. The Bertz CT molecular complexity index is 1280. The molecule has 10 nitrogen and oxygen atoms in total. The topological polar surface area (TPSA) is 111 Å². The lowest BCUT2D eigenvalue weighted by Crippen LogP contribution is -3.14. The molecule has 0 spiro atoms. The predicted molar refractivity (Wildman–Crippen MR) is 155 cm³/mol. The summed E-state index contributed by atoms with van der Waals surface area (Å²) in [5.74, 6) is -0.188. The Hall–Kier alpha value is -3.76. The van der Waals surface area contributed by atoms with Gasteiger partial charge in [-0.15, -0.1) is 0 Å². The standard InChI is InChI=1S/C32H42N2O8/c1-6-7-15-42-23-9-10-24(21(2)18-23)29(35)27-28(22-19-25(38-3)31(40-5)26(20-22)39-4)34(32(37)30(27)36)12-8-11-33-13-16-41-17-14-33/h9-10,18-20,28,35H,6-8,11-17H2,1-5H3/b29-27+. The van der Waals surface area contributed by atoms with Crippen LogP contribution in [0.15, 0.2) is 35.9 Å². The van der Waals surface area contributed by atoms with E-state index in [-0.39, 0.29) is 5.57 Å². The fourth-order valence-corrected chi connectivity index (χ4v) is 5.58. The molecule has 2 heterocycles. The third kappa shape index (κ3) is 6.65. The van der Waals surface area contributed by atoms with Crippen LogP contribution >= 0.6 is 0 Å². The highest BCUT2D eigenvalue weighted by Gasteiger charge is 2.44. The van der Waals surface area contributed by atoms with E-state index in [1.165, 1.54) is 31.1 Å². The van der Waals surface area contributed by atoms with Gasteiger partial charge in [-0.05, 0) is 54.3 Å². The second-order valence-electron chi connectivity index (χ2n) is 10.6. The summed E-state index contributed by atoms with van der Waals surface area (Å²) in [5.41, 5.74) is 1.46. The average molecular weight is 583 g/mol. The zero-order valence-electron chi connectivity index (χ0n) is 25.2. The van der Waals surface area contributed by atoms with Gasteiger partial charge >= 0.3 is 0 Å². The number of methoxy groups -OCH3 is 3. The lowest BCUT2D eigenvalue weighted by Gasteiger charge is -2.30. The van der Waals surface area contributed by atoms with E-state index in [0.29, 0.717) is 72.5 Å². The molecule has 1 amide bonds. The van der Waals surface area contributed by atoms with Gasteiger partial charge in [-0.3, -0.25) is 9.59 Å². The van der Waals surface area contributed by atoms with Crippen molar-refractivity contribution in [3.05, 3.63) is 52.6 Å². The molecule has 0 aromatic heterocycles. The normalized spacial score (nSPS) is 18.8. The van der Waals surface area contributed by atoms with Gasteiger partial charge < -0.3 is 38.6 Å². The summed E-state index contributed by atoms with van der Waals surface area (Å²) in [4.78, 5) is 30.0. The molecule has 10 heteroatoms. The van der Waals surface area contributed by atoms with Crippen LogP contribution in [0.25, 0.3) is 5.76 Å². The van der Waals surface area contributed by atoms with Crippen molar-refractivity contribution in [3.63, 3.8) is 0 Å². The summed E-state index contributed by atoms with van der Waals surface area (Å²) in [6.07, 6.45) is 2.60. The minimum absolute atomic E-state index is 0.0873. The van der Waals surface area contributed by atoms with Crippen molar-refractivity contribution in [2.45, 2.75) is 39.2 Å². The highest BCUT2D eigenvalue weighted by atomic mass is 16.5. The molecular weight excluding hydrogens is 540 g/mol. The Morgan fingerprint density at radius 2 is 1.71 bits per heavy atom. The monoisotopic (exact) mass is 582 g/mol. The van der Waals surface area contributed by atoms with Crippen molar-refractivity contribution < 1.29 is 43.3 Å². The van der Waals surface area contributed by atoms with Gasteiger partial charge in [-0.25, -0.2) is 0 Å². The maximum Gasteiger partial charge on any atom is 0.295 e. The summed E-state index contributed by atoms with van der Waals surface area (Å²) < 4.78 is 27.9. The molecule has 228 valence electrons. The van der Waals surface area contributed by atoms with Crippen LogP contribution in [0.1, 0.15) is 48.9 Å².